The van der Waals surface area contributed by atoms with Crippen molar-refractivity contribution in [2.24, 2.45) is 17.8 Å². The number of rotatable bonds is 3. The van der Waals surface area contributed by atoms with Gasteiger partial charge in [-0.1, -0.05) is 13.8 Å². The quantitative estimate of drug-likeness (QED) is 0.633. The third kappa shape index (κ3) is 1.51. The average molecular weight is 141 g/mol. The van der Waals surface area contributed by atoms with E-state index in [1.165, 1.54) is 6.42 Å². The standard InChI is InChI=1S/C9H19N/c1-6-5-9(6)7(2)8(3)10-4/h6-10H,5H2,1-4H3/t6-,7?,8?,9?/m1/s1. The summed E-state index contributed by atoms with van der Waals surface area (Å²) in [6, 6.07) is 0.690. The summed E-state index contributed by atoms with van der Waals surface area (Å²) in [6.45, 7) is 6.98. The molecular weight excluding hydrogens is 122 g/mol. The van der Waals surface area contributed by atoms with Gasteiger partial charge >= 0.3 is 0 Å². The van der Waals surface area contributed by atoms with Crippen molar-refractivity contribution in [3.05, 3.63) is 0 Å². The van der Waals surface area contributed by atoms with E-state index in [9.17, 15) is 0 Å². The summed E-state index contributed by atoms with van der Waals surface area (Å²) in [7, 11) is 2.05. The van der Waals surface area contributed by atoms with Crippen LogP contribution in [0.3, 0.4) is 0 Å². The summed E-state index contributed by atoms with van der Waals surface area (Å²) >= 11 is 0. The van der Waals surface area contributed by atoms with Crippen molar-refractivity contribution in [1.82, 2.24) is 5.32 Å². The molecule has 0 radical (unpaired) electrons. The Bertz CT molecular complexity index is 107. The first kappa shape index (κ1) is 8.06. The second kappa shape index (κ2) is 2.91. The fourth-order valence-corrected chi connectivity index (χ4v) is 1.72. The van der Waals surface area contributed by atoms with Crippen LogP contribution in [0.1, 0.15) is 27.2 Å². The molecular formula is C9H19N. The van der Waals surface area contributed by atoms with Gasteiger partial charge in [0.1, 0.15) is 0 Å². The van der Waals surface area contributed by atoms with Crippen LogP contribution in [0.15, 0.2) is 0 Å². The van der Waals surface area contributed by atoms with E-state index in [4.69, 9.17) is 0 Å². The third-order valence-electron chi connectivity index (χ3n) is 3.09. The molecule has 0 aromatic heterocycles. The van der Waals surface area contributed by atoms with Crippen LogP contribution in [0, 0.1) is 17.8 Å². The highest BCUT2D eigenvalue weighted by molar-refractivity contribution is 4.89. The molecule has 4 atom stereocenters. The van der Waals surface area contributed by atoms with Crippen LogP contribution >= 0.6 is 0 Å². The van der Waals surface area contributed by atoms with Crippen molar-refractivity contribution in [2.75, 3.05) is 7.05 Å². The zero-order valence-electron chi connectivity index (χ0n) is 7.52. The van der Waals surface area contributed by atoms with Crippen LogP contribution in [-0.2, 0) is 0 Å². The van der Waals surface area contributed by atoms with E-state index in [-0.39, 0.29) is 0 Å². The van der Waals surface area contributed by atoms with Gasteiger partial charge in [-0.15, -0.1) is 0 Å². The second-order valence-electron chi connectivity index (χ2n) is 3.81. The van der Waals surface area contributed by atoms with E-state index >= 15 is 0 Å². The lowest BCUT2D eigenvalue weighted by Crippen LogP contribution is -2.30. The van der Waals surface area contributed by atoms with Gasteiger partial charge in [0.25, 0.3) is 0 Å². The minimum atomic E-state index is 0.690. The van der Waals surface area contributed by atoms with Crippen molar-refractivity contribution in [1.29, 1.82) is 0 Å². The maximum absolute atomic E-state index is 3.31. The molecule has 0 spiro atoms. The van der Waals surface area contributed by atoms with Crippen molar-refractivity contribution < 1.29 is 0 Å². The van der Waals surface area contributed by atoms with E-state index in [1.54, 1.807) is 0 Å². The average Bonchev–Trinajstić information content (AvgIpc) is 2.63. The van der Waals surface area contributed by atoms with Gasteiger partial charge in [0, 0.05) is 6.04 Å². The van der Waals surface area contributed by atoms with Gasteiger partial charge in [-0.2, -0.15) is 0 Å². The Kier molecular flexibility index (Phi) is 2.35. The zero-order valence-corrected chi connectivity index (χ0v) is 7.52. The molecule has 1 fully saturated rings. The van der Waals surface area contributed by atoms with Gasteiger partial charge in [0.05, 0.1) is 0 Å². The molecule has 1 aliphatic carbocycles. The molecule has 0 amide bonds. The first-order valence-electron chi connectivity index (χ1n) is 4.34. The summed E-state index contributed by atoms with van der Waals surface area (Å²) < 4.78 is 0. The summed E-state index contributed by atoms with van der Waals surface area (Å²) in [5.74, 6) is 2.85. The van der Waals surface area contributed by atoms with Crippen molar-refractivity contribution in [3.63, 3.8) is 0 Å². The highest BCUT2D eigenvalue weighted by Gasteiger charge is 2.38. The third-order valence-corrected chi connectivity index (χ3v) is 3.09. The van der Waals surface area contributed by atoms with E-state index in [2.05, 4.69) is 26.1 Å². The Labute approximate surface area is 64.2 Å². The predicted octanol–water partition coefficient (Wildman–Crippen LogP) is 1.89. The van der Waals surface area contributed by atoms with Crippen molar-refractivity contribution in [3.8, 4) is 0 Å². The topological polar surface area (TPSA) is 12.0 Å². The molecule has 1 heteroatoms. The highest BCUT2D eigenvalue weighted by Crippen LogP contribution is 2.44. The Hall–Kier alpha value is -0.0400. The molecule has 0 heterocycles. The normalized spacial score (nSPS) is 37.2. The number of hydrogen-bond acceptors (Lipinski definition) is 1. The SMILES string of the molecule is CNC(C)C(C)C1C[C@H]1C. The first-order valence-corrected chi connectivity index (χ1v) is 4.34. The molecule has 0 aliphatic heterocycles. The Morgan fingerprint density at radius 1 is 1.40 bits per heavy atom. The molecule has 0 aromatic carbocycles. The Morgan fingerprint density at radius 2 is 1.90 bits per heavy atom. The van der Waals surface area contributed by atoms with Crippen molar-refractivity contribution >= 4 is 0 Å². The molecule has 1 rings (SSSR count). The maximum atomic E-state index is 3.31. The minimum absolute atomic E-state index is 0.690. The van der Waals surface area contributed by atoms with Crippen LogP contribution in [-0.4, -0.2) is 13.1 Å². The van der Waals surface area contributed by atoms with Crippen LogP contribution < -0.4 is 5.32 Å². The molecule has 0 bridgehead atoms. The fraction of sp³-hybridized carbons (Fsp3) is 1.00. The van der Waals surface area contributed by atoms with Gasteiger partial charge in [-0.3, -0.25) is 0 Å². The minimum Gasteiger partial charge on any atom is -0.317 e. The van der Waals surface area contributed by atoms with Gasteiger partial charge < -0.3 is 5.32 Å². The molecule has 1 aliphatic rings. The lowest BCUT2D eigenvalue weighted by atomic mass is 9.97. The van der Waals surface area contributed by atoms with E-state index in [0.29, 0.717) is 6.04 Å². The molecule has 1 N–H and O–H groups in total. The number of nitrogens with one attached hydrogen (secondary N) is 1. The van der Waals surface area contributed by atoms with Crippen LogP contribution in [0.25, 0.3) is 0 Å². The van der Waals surface area contributed by atoms with E-state index in [0.717, 1.165) is 17.8 Å². The summed E-state index contributed by atoms with van der Waals surface area (Å²) in [6.07, 6.45) is 1.45. The van der Waals surface area contributed by atoms with Gasteiger partial charge in [-0.25, -0.2) is 0 Å². The van der Waals surface area contributed by atoms with Gasteiger partial charge in [0.2, 0.25) is 0 Å². The van der Waals surface area contributed by atoms with E-state index < -0.39 is 0 Å². The Morgan fingerprint density at radius 3 is 2.20 bits per heavy atom. The molecule has 3 unspecified atom stereocenters. The zero-order chi connectivity index (χ0) is 7.72. The first-order chi connectivity index (χ1) is 4.66. The maximum Gasteiger partial charge on any atom is 0.00641 e. The largest absolute Gasteiger partial charge is 0.317 e. The molecule has 1 nitrogen and oxygen atoms in total. The second-order valence-corrected chi connectivity index (χ2v) is 3.81. The van der Waals surface area contributed by atoms with Gasteiger partial charge in [-0.05, 0) is 38.1 Å². The molecule has 0 saturated heterocycles. The Balaban J connectivity index is 2.27. The lowest BCUT2D eigenvalue weighted by molar-refractivity contribution is 0.369. The van der Waals surface area contributed by atoms with Crippen LogP contribution in [0.2, 0.25) is 0 Å². The summed E-state index contributed by atoms with van der Waals surface area (Å²) in [5.41, 5.74) is 0. The lowest BCUT2D eigenvalue weighted by Gasteiger charge is -2.18. The molecule has 1 saturated carbocycles. The molecule has 10 heavy (non-hydrogen) atoms. The summed E-state index contributed by atoms with van der Waals surface area (Å²) in [4.78, 5) is 0. The van der Waals surface area contributed by atoms with Crippen LogP contribution in [0.4, 0.5) is 0 Å². The van der Waals surface area contributed by atoms with E-state index in [1.807, 2.05) is 7.05 Å². The van der Waals surface area contributed by atoms with Crippen LogP contribution in [0.5, 0.6) is 0 Å². The summed E-state index contributed by atoms with van der Waals surface area (Å²) in [5, 5.41) is 3.31. The fourth-order valence-electron chi connectivity index (χ4n) is 1.72. The van der Waals surface area contributed by atoms with Crippen molar-refractivity contribution in [2.45, 2.75) is 33.2 Å². The molecule has 60 valence electrons. The predicted molar refractivity (Wildman–Crippen MR) is 45.0 cm³/mol. The monoisotopic (exact) mass is 141 g/mol. The molecule has 0 aromatic rings. The number of hydrogen-bond donors (Lipinski definition) is 1. The van der Waals surface area contributed by atoms with Gasteiger partial charge in [0.15, 0.2) is 0 Å². The highest BCUT2D eigenvalue weighted by atomic mass is 14.9. The smallest absolute Gasteiger partial charge is 0.00641 e.